The van der Waals surface area contributed by atoms with Crippen molar-refractivity contribution in [2.45, 2.75) is 11.4 Å². The van der Waals surface area contributed by atoms with E-state index in [4.69, 9.17) is 0 Å². The van der Waals surface area contributed by atoms with E-state index in [1.807, 2.05) is 11.9 Å². The molecule has 1 aromatic carbocycles. The third-order valence-electron chi connectivity index (χ3n) is 2.67. The van der Waals surface area contributed by atoms with E-state index in [9.17, 15) is 4.79 Å². The van der Waals surface area contributed by atoms with Gasteiger partial charge in [-0.2, -0.15) is 12.6 Å². The summed E-state index contributed by atoms with van der Waals surface area (Å²) >= 11 is 5.83. The van der Waals surface area contributed by atoms with Crippen molar-refractivity contribution in [3.8, 4) is 0 Å². The van der Waals surface area contributed by atoms with Crippen LogP contribution in [0.4, 0.5) is 5.69 Å². The van der Waals surface area contributed by atoms with Crippen molar-refractivity contribution < 1.29 is 4.79 Å². The van der Waals surface area contributed by atoms with Gasteiger partial charge in [-0.25, -0.2) is 0 Å². The van der Waals surface area contributed by atoms with E-state index in [-0.39, 0.29) is 5.91 Å². The summed E-state index contributed by atoms with van der Waals surface area (Å²) in [5.74, 6) is 1.40. The van der Waals surface area contributed by atoms with Gasteiger partial charge in [0.05, 0.1) is 11.4 Å². The first-order chi connectivity index (χ1) is 8.26. The summed E-state index contributed by atoms with van der Waals surface area (Å²) in [7, 11) is 1.92. The smallest absolute Gasteiger partial charge is 0.237 e. The molecule has 0 spiro atoms. The van der Waals surface area contributed by atoms with Gasteiger partial charge in [0.2, 0.25) is 5.91 Å². The van der Waals surface area contributed by atoms with E-state index < -0.39 is 0 Å². The average molecular weight is 268 g/mol. The van der Waals surface area contributed by atoms with Crippen LogP contribution in [0, 0.1) is 0 Å². The van der Waals surface area contributed by atoms with Gasteiger partial charge in [0, 0.05) is 23.7 Å². The number of thioether (sulfide) groups is 1. The number of benzene rings is 1. The highest BCUT2D eigenvalue weighted by Crippen LogP contribution is 2.35. The van der Waals surface area contributed by atoms with Crippen molar-refractivity contribution in [2.75, 3.05) is 30.0 Å². The Morgan fingerprint density at radius 3 is 3.06 bits per heavy atom. The van der Waals surface area contributed by atoms with E-state index in [2.05, 4.69) is 36.1 Å². The Morgan fingerprint density at radius 2 is 2.35 bits per heavy atom. The number of rotatable bonds is 4. The van der Waals surface area contributed by atoms with Crippen LogP contribution >= 0.6 is 24.4 Å². The van der Waals surface area contributed by atoms with Gasteiger partial charge in [0.15, 0.2) is 0 Å². The number of hydrogen-bond acceptors (Lipinski definition) is 4. The second-order valence-electron chi connectivity index (χ2n) is 3.89. The Bertz CT molecular complexity index is 423. The van der Waals surface area contributed by atoms with Crippen LogP contribution in [0.3, 0.4) is 0 Å². The number of carbonyl (C=O) groups is 1. The molecule has 0 atom stereocenters. The number of anilines is 1. The quantitative estimate of drug-likeness (QED) is 0.817. The maximum absolute atomic E-state index is 11.9. The molecule has 0 saturated heterocycles. The second kappa shape index (κ2) is 5.80. The molecule has 0 bridgehead atoms. The maximum Gasteiger partial charge on any atom is 0.237 e. The highest BCUT2D eigenvalue weighted by atomic mass is 32.2. The van der Waals surface area contributed by atoms with Crippen LogP contribution in [-0.4, -0.2) is 31.0 Å². The van der Waals surface area contributed by atoms with Gasteiger partial charge in [-0.15, -0.1) is 11.8 Å². The van der Waals surface area contributed by atoms with E-state index in [1.165, 1.54) is 10.5 Å². The lowest BCUT2D eigenvalue weighted by molar-refractivity contribution is -0.116. The predicted molar refractivity (Wildman–Crippen MR) is 76.1 cm³/mol. The molecule has 0 saturated carbocycles. The highest BCUT2D eigenvalue weighted by molar-refractivity contribution is 8.00. The molecule has 1 heterocycles. The molecular weight excluding hydrogens is 252 g/mol. The fourth-order valence-corrected chi connectivity index (χ4v) is 3.02. The first kappa shape index (κ1) is 12.8. The molecule has 0 aliphatic carbocycles. The minimum absolute atomic E-state index is 0.179. The number of carbonyl (C=O) groups excluding carboxylic acids is 1. The lowest BCUT2D eigenvalue weighted by Crippen LogP contribution is -2.36. The fraction of sp³-hybridized carbons (Fsp3) is 0.417. The first-order valence-corrected chi connectivity index (χ1v) is 7.19. The van der Waals surface area contributed by atoms with Gasteiger partial charge in [-0.05, 0) is 24.7 Å². The van der Waals surface area contributed by atoms with E-state index in [1.54, 1.807) is 11.8 Å². The number of nitrogens with one attached hydrogen (secondary N) is 1. The van der Waals surface area contributed by atoms with Gasteiger partial charge in [-0.1, -0.05) is 6.07 Å². The van der Waals surface area contributed by atoms with Gasteiger partial charge in [-0.3, -0.25) is 4.79 Å². The lowest BCUT2D eigenvalue weighted by Gasteiger charge is -2.29. The Labute approximate surface area is 111 Å². The Balaban J connectivity index is 2.34. The summed E-state index contributed by atoms with van der Waals surface area (Å²) in [6.45, 7) is 1.50. The molecule has 0 unspecified atom stereocenters. The lowest BCUT2D eigenvalue weighted by atomic mass is 10.1. The van der Waals surface area contributed by atoms with Crippen molar-refractivity contribution in [1.29, 1.82) is 0 Å². The number of thiol groups is 1. The van der Waals surface area contributed by atoms with Crippen molar-refractivity contribution in [2.24, 2.45) is 0 Å². The normalized spacial score (nSPS) is 14.9. The molecule has 1 amide bonds. The van der Waals surface area contributed by atoms with E-state index >= 15 is 0 Å². The minimum atomic E-state index is 0.179. The molecule has 1 aromatic rings. The minimum Gasteiger partial charge on any atom is -0.316 e. The summed E-state index contributed by atoms with van der Waals surface area (Å²) in [4.78, 5) is 14.9. The molecule has 1 aliphatic rings. The molecule has 3 nitrogen and oxygen atoms in total. The number of amides is 1. The van der Waals surface area contributed by atoms with E-state index in [0.717, 1.165) is 12.2 Å². The van der Waals surface area contributed by atoms with Crippen molar-refractivity contribution >= 4 is 36.0 Å². The monoisotopic (exact) mass is 268 g/mol. The van der Waals surface area contributed by atoms with Crippen LogP contribution in [-0.2, 0) is 11.3 Å². The summed E-state index contributed by atoms with van der Waals surface area (Å²) in [5, 5.41) is 3.12. The second-order valence-corrected chi connectivity index (χ2v) is 5.35. The zero-order valence-electron chi connectivity index (χ0n) is 9.77. The topological polar surface area (TPSA) is 32.3 Å². The fourth-order valence-electron chi connectivity index (χ4n) is 1.91. The maximum atomic E-state index is 11.9. The Hall–Kier alpha value is -0.650. The molecule has 1 N–H and O–H groups in total. The summed E-state index contributed by atoms with van der Waals surface area (Å²) in [6, 6.07) is 6.31. The molecule has 5 heteroatoms. The molecule has 2 rings (SSSR count). The van der Waals surface area contributed by atoms with Crippen molar-refractivity contribution in [3.05, 3.63) is 23.8 Å². The highest BCUT2D eigenvalue weighted by Gasteiger charge is 2.24. The zero-order valence-corrected chi connectivity index (χ0v) is 11.5. The first-order valence-electron chi connectivity index (χ1n) is 5.58. The van der Waals surface area contributed by atoms with Crippen molar-refractivity contribution in [1.82, 2.24) is 5.32 Å². The van der Waals surface area contributed by atoms with Crippen LogP contribution < -0.4 is 10.2 Å². The Kier molecular flexibility index (Phi) is 4.36. The summed E-state index contributed by atoms with van der Waals surface area (Å²) in [5.41, 5.74) is 2.23. The standard InChI is InChI=1S/C12H16N2OS2/c1-13-7-9-2-3-11-10(6-9)14(4-5-16)12(15)8-17-11/h2-3,6,13,16H,4-5,7-8H2,1H3. The van der Waals surface area contributed by atoms with Gasteiger partial charge in [0.25, 0.3) is 0 Å². The molecule has 1 aliphatic heterocycles. The predicted octanol–water partition coefficient (Wildman–Crippen LogP) is 1.77. The molecule has 0 fully saturated rings. The number of fused-ring (bicyclic) bond motifs is 1. The average Bonchev–Trinajstić information content (AvgIpc) is 2.33. The van der Waals surface area contributed by atoms with Crippen molar-refractivity contribution in [3.63, 3.8) is 0 Å². The van der Waals surface area contributed by atoms with Crippen LogP contribution in [0.1, 0.15) is 5.56 Å². The molecule has 0 aromatic heterocycles. The summed E-state index contributed by atoms with van der Waals surface area (Å²) in [6.07, 6.45) is 0. The molecular formula is C12H16N2OS2. The Morgan fingerprint density at radius 1 is 1.53 bits per heavy atom. The van der Waals surface area contributed by atoms with Crippen LogP contribution in [0.5, 0.6) is 0 Å². The molecule has 0 radical (unpaired) electrons. The van der Waals surface area contributed by atoms with Crippen LogP contribution in [0.2, 0.25) is 0 Å². The third kappa shape index (κ3) is 2.78. The number of hydrogen-bond donors (Lipinski definition) is 2. The van der Waals surface area contributed by atoms with Gasteiger partial charge in [0.1, 0.15) is 0 Å². The zero-order chi connectivity index (χ0) is 12.3. The summed E-state index contributed by atoms with van der Waals surface area (Å²) < 4.78 is 0. The number of nitrogens with zero attached hydrogens (tertiary/aromatic N) is 1. The largest absolute Gasteiger partial charge is 0.316 e. The molecule has 17 heavy (non-hydrogen) atoms. The SMILES string of the molecule is CNCc1ccc2c(c1)N(CCS)C(=O)CS2. The van der Waals surface area contributed by atoms with E-state index in [0.29, 0.717) is 18.1 Å². The van der Waals surface area contributed by atoms with Gasteiger partial charge >= 0.3 is 0 Å². The molecule has 92 valence electrons. The van der Waals surface area contributed by atoms with Crippen LogP contribution in [0.15, 0.2) is 23.1 Å². The third-order valence-corrected chi connectivity index (χ3v) is 3.92. The van der Waals surface area contributed by atoms with Crippen LogP contribution in [0.25, 0.3) is 0 Å². The van der Waals surface area contributed by atoms with Gasteiger partial charge < -0.3 is 10.2 Å².